The zero-order valence-electron chi connectivity index (χ0n) is 12.9. The van der Waals surface area contributed by atoms with E-state index in [9.17, 15) is 4.79 Å². The van der Waals surface area contributed by atoms with E-state index in [2.05, 4.69) is 29.3 Å². The van der Waals surface area contributed by atoms with Crippen LogP contribution in [0.25, 0.3) is 0 Å². The van der Waals surface area contributed by atoms with E-state index in [0.717, 1.165) is 52.4 Å². The molecule has 0 atom stereocenters. The van der Waals surface area contributed by atoms with Crippen molar-refractivity contribution in [2.24, 2.45) is 0 Å². The molecule has 1 aliphatic rings. The van der Waals surface area contributed by atoms with E-state index in [4.69, 9.17) is 4.74 Å². The summed E-state index contributed by atoms with van der Waals surface area (Å²) in [7, 11) is 0. The number of aryl methyl sites for hydroxylation is 2. The van der Waals surface area contributed by atoms with Crippen molar-refractivity contribution < 1.29 is 14.1 Å². The van der Waals surface area contributed by atoms with Gasteiger partial charge in [-0.2, -0.15) is 0 Å². The number of hydrogen-bond acceptors (Lipinski definition) is 3. The van der Waals surface area contributed by atoms with Crippen LogP contribution in [0.5, 0.6) is 0 Å². The molecular weight excluding hydrogens is 266 g/mol. The number of morpholine rings is 1. The van der Waals surface area contributed by atoms with Gasteiger partial charge in [-0.15, -0.1) is 0 Å². The summed E-state index contributed by atoms with van der Waals surface area (Å²) in [4.78, 5) is 14.2. The van der Waals surface area contributed by atoms with E-state index in [0.29, 0.717) is 6.42 Å². The predicted octanol–water partition coefficient (Wildman–Crippen LogP) is 0.511. The van der Waals surface area contributed by atoms with Gasteiger partial charge in [0.15, 0.2) is 18.9 Å². The van der Waals surface area contributed by atoms with Crippen LogP contribution < -0.4 is 9.88 Å². The minimum Gasteiger partial charge on any atom is -0.379 e. The number of nitrogens with one attached hydrogen (secondary N) is 1. The molecule has 116 valence electrons. The van der Waals surface area contributed by atoms with E-state index >= 15 is 0 Å². The summed E-state index contributed by atoms with van der Waals surface area (Å²) in [6.07, 6.45) is 5.57. The lowest BCUT2D eigenvalue weighted by Gasteiger charge is -2.26. The summed E-state index contributed by atoms with van der Waals surface area (Å²) < 4.78 is 7.35. The van der Waals surface area contributed by atoms with Crippen molar-refractivity contribution in [2.75, 3.05) is 39.4 Å². The highest BCUT2D eigenvalue weighted by Crippen LogP contribution is 1.97. The van der Waals surface area contributed by atoms with Crippen LogP contribution in [-0.2, 0) is 16.1 Å². The van der Waals surface area contributed by atoms with E-state index in [-0.39, 0.29) is 5.91 Å². The van der Waals surface area contributed by atoms with Gasteiger partial charge < -0.3 is 10.1 Å². The molecule has 1 fully saturated rings. The van der Waals surface area contributed by atoms with Crippen molar-refractivity contribution in [1.82, 2.24) is 10.2 Å². The smallest absolute Gasteiger partial charge is 0.226 e. The SMILES string of the molecule is Cc1cc[n+](CCC(=O)NCCCN2CCOCC2)cc1. The zero-order chi connectivity index (χ0) is 14.9. The zero-order valence-corrected chi connectivity index (χ0v) is 12.9. The summed E-state index contributed by atoms with van der Waals surface area (Å²) in [5.41, 5.74) is 1.24. The quantitative estimate of drug-likeness (QED) is 0.588. The van der Waals surface area contributed by atoms with Crippen LogP contribution in [0.15, 0.2) is 24.5 Å². The lowest BCUT2D eigenvalue weighted by Crippen LogP contribution is -2.39. The summed E-state index contributed by atoms with van der Waals surface area (Å²) in [6, 6.07) is 4.11. The fourth-order valence-corrected chi connectivity index (χ4v) is 2.36. The van der Waals surface area contributed by atoms with Crippen molar-refractivity contribution in [1.29, 1.82) is 0 Å². The Balaban J connectivity index is 1.54. The number of rotatable bonds is 7. The van der Waals surface area contributed by atoms with Crippen LogP contribution in [0, 0.1) is 6.92 Å². The van der Waals surface area contributed by atoms with Crippen LogP contribution in [0.3, 0.4) is 0 Å². The Morgan fingerprint density at radius 3 is 2.76 bits per heavy atom. The van der Waals surface area contributed by atoms with Crippen molar-refractivity contribution in [3.05, 3.63) is 30.1 Å². The molecule has 1 aromatic rings. The molecule has 5 heteroatoms. The number of hydrogen-bond donors (Lipinski definition) is 1. The fraction of sp³-hybridized carbons (Fsp3) is 0.625. The number of ether oxygens (including phenoxy) is 1. The van der Waals surface area contributed by atoms with Crippen LogP contribution >= 0.6 is 0 Å². The molecule has 0 radical (unpaired) electrons. The molecule has 21 heavy (non-hydrogen) atoms. The maximum Gasteiger partial charge on any atom is 0.226 e. The molecule has 1 aliphatic heterocycles. The van der Waals surface area contributed by atoms with Gasteiger partial charge in [0.1, 0.15) is 0 Å². The normalized spacial score (nSPS) is 15.9. The predicted molar refractivity (Wildman–Crippen MR) is 80.9 cm³/mol. The second kappa shape index (κ2) is 8.74. The van der Waals surface area contributed by atoms with Gasteiger partial charge in [-0.25, -0.2) is 4.57 Å². The van der Waals surface area contributed by atoms with Gasteiger partial charge in [-0.3, -0.25) is 9.69 Å². The van der Waals surface area contributed by atoms with Crippen molar-refractivity contribution >= 4 is 5.91 Å². The average Bonchev–Trinajstić information content (AvgIpc) is 2.52. The molecule has 2 heterocycles. The Bertz CT molecular complexity index is 428. The molecule has 0 bridgehead atoms. The monoisotopic (exact) mass is 292 g/mol. The summed E-state index contributed by atoms with van der Waals surface area (Å²) in [6.45, 7) is 8.28. The molecule has 1 amide bonds. The number of aromatic nitrogens is 1. The third kappa shape index (κ3) is 6.23. The van der Waals surface area contributed by atoms with Gasteiger partial charge in [0, 0.05) is 31.8 Å². The number of amides is 1. The van der Waals surface area contributed by atoms with Gasteiger partial charge in [0.25, 0.3) is 0 Å². The van der Waals surface area contributed by atoms with Crippen LogP contribution in [0.2, 0.25) is 0 Å². The molecule has 0 spiro atoms. The second-order valence-corrected chi connectivity index (χ2v) is 5.52. The first-order valence-electron chi connectivity index (χ1n) is 7.76. The fourth-order valence-electron chi connectivity index (χ4n) is 2.36. The third-order valence-corrected chi connectivity index (χ3v) is 3.73. The number of carbonyl (C=O) groups is 1. The van der Waals surface area contributed by atoms with Gasteiger partial charge >= 0.3 is 0 Å². The standard InChI is InChI=1S/C16H25N3O2/c1-15-3-8-19(9-4-15)10-5-16(20)17-6-2-7-18-11-13-21-14-12-18/h3-4,8-9H,2,5-7,10-14H2,1H3/p+1. The molecule has 1 aromatic heterocycles. The largest absolute Gasteiger partial charge is 0.379 e. The highest BCUT2D eigenvalue weighted by atomic mass is 16.5. The maximum absolute atomic E-state index is 11.8. The number of carbonyl (C=O) groups excluding carboxylic acids is 1. The minimum atomic E-state index is 0.130. The highest BCUT2D eigenvalue weighted by Gasteiger charge is 2.10. The van der Waals surface area contributed by atoms with Gasteiger partial charge in [0.2, 0.25) is 5.91 Å². The van der Waals surface area contributed by atoms with Crippen molar-refractivity contribution in [2.45, 2.75) is 26.3 Å². The Labute approximate surface area is 126 Å². The first-order valence-corrected chi connectivity index (χ1v) is 7.76. The Morgan fingerprint density at radius 2 is 2.05 bits per heavy atom. The molecule has 0 aromatic carbocycles. The Kier molecular flexibility index (Phi) is 6.63. The molecule has 0 aliphatic carbocycles. The lowest BCUT2D eigenvalue weighted by molar-refractivity contribution is -0.695. The lowest BCUT2D eigenvalue weighted by atomic mass is 10.3. The molecule has 1 N–H and O–H groups in total. The Morgan fingerprint density at radius 1 is 1.33 bits per heavy atom. The van der Waals surface area contributed by atoms with Gasteiger partial charge in [-0.1, -0.05) is 0 Å². The first kappa shape index (κ1) is 15.9. The highest BCUT2D eigenvalue weighted by molar-refractivity contribution is 5.75. The summed E-state index contributed by atoms with van der Waals surface area (Å²) >= 11 is 0. The van der Waals surface area contributed by atoms with Crippen LogP contribution in [0.4, 0.5) is 0 Å². The molecule has 0 saturated carbocycles. The molecular formula is C16H26N3O2+. The minimum absolute atomic E-state index is 0.130. The second-order valence-electron chi connectivity index (χ2n) is 5.52. The first-order chi connectivity index (χ1) is 10.2. The van der Waals surface area contributed by atoms with Crippen molar-refractivity contribution in [3.8, 4) is 0 Å². The number of pyridine rings is 1. The van der Waals surface area contributed by atoms with Crippen LogP contribution in [0.1, 0.15) is 18.4 Å². The molecule has 5 nitrogen and oxygen atoms in total. The molecule has 2 rings (SSSR count). The van der Waals surface area contributed by atoms with Gasteiger partial charge in [0.05, 0.1) is 19.6 Å². The molecule has 1 saturated heterocycles. The van der Waals surface area contributed by atoms with E-state index < -0.39 is 0 Å². The van der Waals surface area contributed by atoms with Crippen LogP contribution in [-0.4, -0.2) is 50.2 Å². The van der Waals surface area contributed by atoms with E-state index in [1.807, 2.05) is 17.0 Å². The van der Waals surface area contributed by atoms with E-state index in [1.165, 1.54) is 5.56 Å². The molecule has 0 unspecified atom stereocenters. The third-order valence-electron chi connectivity index (χ3n) is 3.73. The summed E-state index contributed by atoms with van der Waals surface area (Å²) in [5, 5.41) is 2.99. The maximum atomic E-state index is 11.8. The topological polar surface area (TPSA) is 45.5 Å². The average molecular weight is 292 g/mol. The van der Waals surface area contributed by atoms with E-state index in [1.54, 1.807) is 0 Å². The van der Waals surface area contributed by atoms with Gasteiger partial charge in [-0.05, 0) is 25.5 Å². The Hall–Kier alpha value is -1.46. The number of nitrogens with zero attached hydrogens (tertiary/aromatic N) is 2. The van der Waals surface area contributed by atoms with Crippen molar-refractivity contribution in [3.63, 3.8) is 0 Å². The summed E-state index contributed by atoms with van der Waals surface area (Å²) in [5.74, 6) is 0.130.